The fourth-order valence-electron chi connectivity index (χ4n) is 2.93. The van der Waals surface area contributed by atoms with Gasteiger partial charge in [-0.05, 0) is 46.0 Å². The number of fused-ring (bicyclic) bond motifs is 1. The summed E-state index contributed by atoms with van der Waals surface area (Å²) < 4.78 is 5.43. The van der Waals surface area contributed by atoms with Crippen molar-refractivity contribution in [3.63, 3.8) is 0 Å². The smallest absolute Gasteiger partial charge is 0.410 e. The zero-order valence-corrected chi connectivity index (χ0v) is 10.5. The van der Waals surface area contributed by atoms with Crippen molar-refractivity contribution >= 4 is 6.09 Å². The quantitative estimate of drug-likeness (QED) is 0.741. The summed E-state index contributed by atoms with van der Waals surface area (Å²) in [5.41, 5.74) is 5.35. The molecule has 2 rings (SSSR count). The summed E-state index contributed by atoms with van der Waals surface area (Å²) in [4.78, 5) is 13.9. The number of nitrogens with two attached hydrogens (primary N) is 1. The summed E-state index contributed by atoms with van der Waals surface area (Å²) in [5.74, 6) is 0.602. The van der Waals surface area contributed by atoms with E-state index in [4.69, 9.17) is 10.5 Å². The summed E-state index contributed by atoms with van der Waals surface area (Å²) in [6, 6.07) is 0. The minimum Gasteiger partial charge on any atom is -0.444 e. The first-order valence-corrected chi connectivity index (χ1v) is 6.10. The van der Waals surface area contributed by atoms with Gasteiger partial charge < -0.3 is 15.4 Å². The van der Waals surface area contributed by atoms with Gasteiger partial charge in [-0.15, -0.1) is 0 Å². The van der Waals surface area contributed by atoms with Crippen molar-refractivity contribution in [1.82, 2.24) is 4.90 Å². The zero-order chi connectivity index (χ0) is 12.0. The highest BCUT2D eigenvalue weighted by Crippen LogP contribution is 2.49. The molecule has 0 spiro atoms. The van der Waals surface area contributed by atoms with Crippen molar-refractivity contribution in [1.29, 1.82) is 0 Å². The molecule has 4 nitrogen and oxygen atoms in total. The molecular weight excluding hydrogens is 204 g/mol. The second-order valence-corrected chi connectivity index (χ2v) is 5.96. The van der Waals surface area contributed by atoms with E-state index in [9.17, 15) is 4.79 Å². The maximum Gasteiger partial charge on any atom is 0.410 e. The lowest BCUT2D eigenvalue weighted by Gasteiger charge is -2.49. The summed E-state index contributed by atoms with van der Waals surface area (Å²) in [7, 11) is 0. The Bertz CT molecular complexity index is 294. The second kappa shape index (κ2) is 3.62. The topological polar surface area (TPSA) is 55.6 Å². The van der Waals surface area contributed by atoms with Gasteiger partial charge in [-0.3, -0.25) is 0 Å². The van der Waals surface area contributed by atoms with Gasteiger partial charge in [0.25, 0.3) is 0 Å². The van der Waals surface area contributed by atoms with Crippen molar-refractivity contribution in [2.45, 2.75) is 51.2 Å². The molecule has 2 unspecified atom stereocenters. The van der Waals surface area contributed by atoms with Crippen molar-refractivity contribution in [2.75, 3.05) is 13.1 Å². The van der Waals surface area contributed by atoms with Crippen LogP contribution in [0.5, 0.6) is 0 Å². The van der Waals surface area contributed by atoms with E-state index in [-0.39, 0.29) is 11.6 Å². The Balaban J connectivity index is 2.07. The van der Waals surface area contributed by atoms with Crippen LogP contribution in [0, 0.1) is 5.92 Å². The highest BCUT2D eigenvalue weighted by Gasteiger charge is 2.56. The predicted octanol–water partition coefficient (Wildman–Crippen LogP) is 1.73. The third-order valence-electron chi connectivity index (χ3n) is 3.89. The molecule has 2 fully saturated rings. The lowest BCUT2D eigenvalue weighted by molar-refractivity contribution is -0.0184. The Morgan fingerprint density at radius 1 is 1.50 bits per heavy atom. The van der Waals surface area contributed by atoms with Crippen LogP contribution in [0.25, 0.3) is 0 Å². The molecule has 2 atom stereocenters. The molecule has 0 aromatic heterocycles. The van der Waals surface area contributed by atoms with E-state index < -0.39 is 5.60 Å². The number of likely N-dealkylation sites (tertiary alicyclic amines) is 1. The third-order valence-corrected chi connectivity index (χ3v) is 3.89. The van der Waals surface area contributed by atoms with Crippen LogP contribution in [0.15, 0.2) is 0 Å². The van der Waals surface area contributed by atoms with Crippen LogP contribution >= 0.6 is 0 Å². The van der Waals surface area contributed by atoms with Crippen molar-refractivity contribution in [3.8, 4) is 0 Å². The summed E-state index contributed by atoms with van der Waals surface area (Å²) >= 11 is 0. The molecule has 2 aliphatic rings. The van der Waals surface area contributed by atoms with Gasteiger partial charge in [0.05, 0.1) is 5.54 Å². The van der Waals surface area contributed by atoms with Gasteiger partial charge in [-0.1, -0.05) is 0 Å². The van der Waals surface area contributed by atoms with Gasteiger partial charge in [-0.25, -0.2) is 4.79 Å². The fourth-order valence-corrected chi connectivity index (χ4v) is 2.93. The molecule has 16 heavy (non-hydrogen) atoms. The number of nitrogens with zero attached hydrogens (tertiary/aromatic N) is 1. The lowest BCUT2D eigenvalue weighted by Crippen LogP contribution is -2.61. The van der Waals surface area contributed by atoms with Crippen LogP contribution < -0.4 is 5.73 Å². The molecule has 1 aliphatic carbocycles. The Hall–Kier alpha value is -0.770. The van der Waals surface area contributed by atoms with Crippen LogP contribution in [0.1, 0.15) is 40.0 Å². The summed E-state index contributed by atoms with van der Waals surface area (Å²) in [6.07, 6.45) is 3.13. The number of hydrogen-bond acceptors (Lipinski definition) is 3. The van der Waals surface area contributed by atoms with Crippen LogP contribution in [0.2, 0.25) is 0 Å². The highest BCUT2D eigenvalue weighted by molar-refractivity contribution is 5.70. The van der Waals surface area contributed by atoms with Crippen LogP contribution in [-0.2, 0) is 4.74 Å². The molecular formula is C12H22N2O2. The third kappa shape index (κ3) is 1.69. The molecule has 0 bridgehead atoms. The fraction of sp³-hybridized carbons (Fsp3) is 0.917. The molecule has 1 aliphatic heterocycles. The highest BCUT2D eigenvalue weighted by atomic mass is 16.6. The van der Waals surface area contributed by atoms with Gasteiger partial charge in [0.2, 0.25) is 0 Å². The number of rotatable bonds is 1. The van der Waals surface area contributed by atoms with Gasteiger partial charge in [0.1, 0.15) is 5.60 Å². The molecule has 4 heteroatoms. The molecule has 2 N–H and O–H groups in total. The first-order chi connectivity index (χ1) is 7.39. The van der Waals surface area contributed by atoms with Crippen molar-refractivity contribution in [3.05, 3.63) is 0 Å². The van der Waals surface area contributed by atoms with E-state index in [1.54, 1.807) is 0 Å². The van der Waals surface area contributed by atoms with E-state index in [1.165, 1.54) is 6.42 Å². The molecule has 0 aromatic rings. The minimum atomic E-state index is -0.422. The van der Waals surface area contributed by atoms with E-state index in [0.717, 1.165) is 19.4 Å². The van der Waals surface area contributed by atoms with Crippen LogP contribution in [0.3, 0.4) is 0 Å². The monoisotopic (exact) mass is 226 g/mol. The zero-order valence-electron chi connectivity index (χ0n) is 10.5. The molecule has 1 saturated heterocycles. The number of amides is 1. The van der Waals surface area contributed by atoms with Crippen LogP contribution in [-0.4, -0.2) is 35.2 Å². The molecule has 1 heterocycles. The molecule has 0 radical (unpaired) electrons. The molecule has 1 saturated carbocycles. The number of hydrogen-bond donors (Lipinski definition) is 1. The largest absolute Gasteiger partial charge is 0.444 e. The predicted molar refractivity (Wildman–Crippen MR) is 62.1 cm³/mol. The average molecular weight is 226 g/mol. The van der Waals surface area contributed by atoms with Gasteiger partial charge in [-0.2, -0.15) is 0 Å². The molecule has 0 aromatic carbocycles. The maximum atomic E-state index is 12.1. The Labute approximate surface area is 97.1 Å². The second-order valence-electron chi connectivity index (χ2n) is 5.96. The Kier molecular flexibility index (Phi) is 2.65. The Morgan fingerprint density at radius 3 is 2.62 bits per heavy atom. The lowest BCUT2D eigenvalue weighted by atomic mass is 9.67. The summed E-state index contributed by atoms with van der Waals surface area (Å²) in [6.45, 7) is 7.06. The van der Waals surface area contributed by atoms with E-state index >= 15 is 0 Å². The van der Waals surface area contributed by atoms with Crippen LogP contribution in [0.4, 0.5) is 4.79 Å². The van der Waals surface area contributed by atoms with E-state index in [2.05, 4.69) is 0 Å². The van der Waals surface area contributed by atoms with Crippen molar-refractivity contribution < 1.29 is 9.53 Å². The van der Waals surface area contributed by atoms with Gasteiger partial charge in [0.15, 0.2) is 0 Å². The van der Waals surface area contributed by atoms with Gasteiger partial charge in [0, 0.05) is 13.1 Å². The first-order valence-electron chi connectivity index (χ1n) is 6.10. The van der Waals surface area contributed by atoms with Crippen molar-refractivity contribution in [2.24, 2.45) is 11.7 Å². The first kappa shape index (κ1) is 11.7. The van der Waals surface area contributed by atoms with E-state index in [1.807, 2.05) is 25.7 Å². The average Bonchev–Trinajstić information content (AvgIpc) is 2.36. The number of ether oxygens (including phenoxy) is 1. The van der Waals surface area contributed by atoms with E-state index in [0.29, 0.717) is 12.5 Å². The Morgan fingerprint density at radius 2 is 2.19 bits per heavy atom. The minimum absolute atomic E-state index is 0.0810. The maximum absolute atomic E-state index is 12.1. The normalized spacial score (nSPS) is 33.2. The SMILES string of the molecule is CC(C)(C)OC(=O)N1CCC2CCC21CN. The molecule has 1 amide bonds. The summed E-state index contributed by atoms with van der Waals surface area (Å²) in [5, 5.41) is 0. The molecule has 92 valence electrons. The van der Waals surface area contributed by atoms with Gasteiger partial charge >= 0.3 is 6.09 Å². The number of carbonyl (C=O) groups excluding carboxylic acids is 1. The standard InChI is InChI=1S/C12H22N2O2/c1-11(2,3)16-10(15)14-7-5-9-4-6-12(9,14)8-13/h9H,4-8,13H2,1-3H3. The number of carbonyl (C=O) groups is 1.